The molecule has 0 fully saturated rings. The highest BCUT2D eigenvalue weighted by molar-refractivity contribution is 5.69. The van der Waals surface area contributed by atoms with Crippen molar-refractivity contribution in [2.24, 2.45) is 5.41 Å². The van der Waals surface area contributed by atoms with Crippen LogP contribution in [0.15, 0.2) is 12.7 Å². The van der Waals surface area contributed by atoms with E-state index >= 15 is 0 Å². The van der Waals surface area contributed by atoms with Crippen molar-refractivity contribution >= 4 is 5.97 Å². The van der Waals surface area contributed by atoms with E-state index < -0.39 is 0 Å². The summed E-state index contributed by atoms with van der Waals surface area (Å²) in [7, 11) is 0. The molecule has 0 unspecified atom stereocenters. The predicted molar refractivity (Wildman–Crippen MR) is 54.5 cm³/mol. The Morgan fingerprint density at radius 2 is 2.08 bits per heavy atom. The third-order valence-corrected chi connectivity index (χ3v) is 1.67. The second-order valence-electron chi connectivity index (χ2n) is 4.39. The lowest BCUT2D eigenvalue weighted by Gasteiger charge is -2.16. The van der Waals surface area contributed by atoms with E-state index in [4.69, 9.17) is 4.74 Å². The molecular formula is C11H20O2. The SMILES string of the molecule is C=CCOC(=O)CCCC(C)(C)C. The maximum Gasteiger partial charge on any atom is 0.306 e. The minimum atomic E-state index is -0.121. The van der Waals surface area contributed by atoms with Crippen molar-refractivity contribution in [1.82, 2.24) is 0 Å². The molecule has 13 heavy (non-hydrogen) atoms. The molecule has 0 rings (SSSR count). The molecule has 0 aromatic heterocycles. The molecule has 2 nitrogen and oxygen atoms in total. The Morgan fingerprint density at radius 3 is 2.54 bits per heavy atom. The van der Waals surface area contributed by atoms with Crippen LogP contribution in [0.25, 0.3) is 0 Å². The highest BCUT2D eigenvalue weighted by Crippen LogP contribution is 2.21. The summed E-state index contributed by atoms with van der Waals surface area (Å²) >= 11 is 0. The van der Waals surface area contributed by atoms with E-state index in [1.54, 1.807) is 6.08 Å². The lowest BCUT2D eigenvalue weighted by atomic mass is 9.90. The zero-order chi connectivity index (χ0) is 10.3. The van der Waals surface area contributed by atoms with Crippen LogP contribution in [0.2, 0.25) is 0 Å². The first kappa shape index (κ1) is 12.2. The van der Waals surface area contributed by atoms with Gasteiger partial charge in [-0.2, -0.15) is 0 Å². The third-order valence-electron chi connectivity index (χ3n) is 1.67. The van der Waals surface area contributed by atoms with Gasteiger partial charge in [0.25, 0.3) is 0 Å². The molecule has 0 heterocycles. The summed E-state index contributed by atoms with van der Waals surface area (Å²) in [5.41, 5.74) is 0.304. The minimum absolute atomic E-state index is 0.121. The van der Waals surface area contributed by atoms with Crippen LogP contribution in [0, 0.1) is 5.41 Å². The van der Waals surface area contributed by atoms with Crippen LogP contribution < -0.4 is 0 Å². The van der Waals surface area contributed by atoms with Gasteiger partial charge in [0.05, 0.1) is 0 Å². The van der Waals surface area contributed by atoms with Gasteiger partial charge in [-0.3, -0.25) is 4.79 Å². The van der Waals surface area contributed by atoms with E-state index in [0.717, 1.165) is 12.8 Å². The van der Waals surface area contributed by atoms with Crippen LogP contribution in [-0.2, 0) is 9.53 Å². The van der Waals surface area contributed by atoms with Crippen molar-refractivity contribution in [2.45, 2.75) is 40.0 Å². The summed E-state index contributed by atoms with van der Waals surface area (Å²) in [6.45, 7) is 10.3. The average molecular weight is 184 g/mol. The molecular weight excluding hydrogens is 164 g/mol. The van der Waals surface area contributed by atoms with Gasteiger partial charge in [-0.1, -0.05) is 33.4 Å². The number of ether oxygens (including phenoxy) is 1. The second kappa shape index (κ2) is 5.79. The summed E-state index contributed by atoms with van der Waals surface area (Å²) < 4.78 is 4.85. The highest BCUT2D eigenvalue weighted by Gasteiger charge is 2.11. The first-order valence-electron chi connectivity index (χ1n) is 4.72. The largest absolute Gasteiger partial charge is 0.461 e. The van der Waals surface area contributed by atoms with Crippen molar-refractivity contribution < 1.29 is 9.53 Å². The minimum Gasteiger partial charge on any atom is -0.461 e. The van der Waals surface area contributed by atoms with Crippen LogP contribution in [0.5, 0.6) is 0 Å². The number of hydrogen-bond donors (Lipinski definition) is 0. The van der Waals surface area contributed by atoms with Gasteiger partial charge in [-0.25, -0.2) is 0 Å². The molecule has 0 aliphatic rings. The molecule has 0 spiro atoms. The number of carbonyl (C=O) groups is 1. The molecule has 0 bridgehead atoms. The molecule has 2 heteroatoms. The van der Waals surface area contributed by atoms with Gasteiger partial charge < -0.3 is 4.74 Å². The quantitative estimate of drug-likeness (QED) is 0.485. The third kappa shape index (κ3) is 9.12. The topological polar surface area (TPSA) is 26.3 Å². The summed E-state index contributed by atoms with van der Waals surface area (Å²) in [4.78, 5) is 11.0. The monoisotopic (exact) mass is 184 g/mol. The Kier molecular flexibility index (Phi) is 5.44. The highest BCUT2D eigenvalue weighted by atomic mass is 16.5. The normalized spacial score (nSPS) is 11.0. The first-order chi connectivity index (χ1) is 5.95. The standard InChI is InChI=1S/C11H20O2/c1-5-9-13-10(12)7-6-8-11(2,3)4/h5H,1,6-9H2,2-4H3. The fourth-order valence-electron chi connectivity index (χ4n) is 0.987. The number of esters is 1. The number of hydrogen-bond acceptors (Lipinski definition) is 2. The predicted octanol–water partition coefficient (Wildman–Crippen LogP) is 2.93. The average Bonchev–Trinajstić information content (AvgIpc) is 1.98. The van der Waals surface area contributed by atoms with Gasteiger partial charge >= 0.3 is 5.97 Å². The zero-order valence-corrected chi connectivity index (χ0v) is 8.93. The van der Waals surface area contributed by atoms with Crippen LogP contribution in [0.4, 0.5) is 0 Å². The van der Waals surface area contributed by atoms with Crippen molar-refractivity contribution in [2.75, 3.05) is 6.61 Å². The molecule has 0 atom stereocenters. The molecule has 0 amide bonds. The van der Waals surface area contributed by atoms with Crippen LogP contribution in [-0.4, -0.2) is 12.6 Å². The van der Waals surface area contributed by atoms with Gasteiger partial charge in [-0.15, -0.1) is 0 Å². The maximum atomic E-state index is 11.0. The van der Waals surface area contributed by atoms with E-state index in [1.165, 1.54) is 0 Å². The van der Waals surface area contributed by atoms with Gasteiger partial charge in [0.15, 0.2) is 0 Å². The van der Waals surface area contributed by atoms with Crippen LogP contribution >= 0.6 is 0 Å². The maximum absolute atomic E-state index is 11.0. The van der Waals surface area contributed by atoms with E-state index in [0.29, 0.717) is 18.4 Å². The van der Waals surface area contributed by atoms with Gasteiger partial charge in [0.1, 0.15) is 6.61 Å². The second-order valence-corrected chi connectivity index (χ2v) is 4.39. The van der Waals surface area contributed by atoms with E-state index in [9.17, 15) is 4.79 Å². The van der Waals surface area contributed by atoms with E-state index in [2.05, 4.69) is 27.4 Å². The zero-order valence-electron chi connectivity index (χ0n) is 8.93. The molecule has 0 saturated heterocycles. The van der Waals surface area contributed by atoms with Crippen molar-refractivity contribution in [3.63, 3.8) is 0 Å². The lowest BCUT2D eigenvalue weighted by Crippen LogP contribution is -2.08. The molecule has 0 radical (unpaired) electrons. The van der Waals surface area contributed by atoms with Crippen LogP contribution in [0.3, 0.4) is 0 Å². The molecule has 0 aliphatic heterocycles. The Morgan fingerprint density at radius 1 is 1.46 bits per heavy atom. The fourth-order valence-corrected chi connectivity index (χ4v) is 0.987. The Hall–Kier alpha value is -0.790. The molecule has 0 N–H and O–H groups in total. The van der Waals surface area contributed by atoms with Gasteiger partial charge in [0, 0.05) is 6.42 Å². The van der Waals surface area contributed by atoms with E-state index in [1.807, 2.05) is 0 Å². The van der Waals surface area contributed by atoms with Crippen molar-refractivity contribution in [3.8, 4) is 0 Å². The Bertz CT molecular complexity index is 165. The van der Waals surface area contributed by atoms with Gasteiger partial charge in [0.2, 0.25) is 0 Å². The summed E-state index contributed by atoms with van der Waals surface area (Å²) in [6, 6.07) is 0. The summed E-state index contributed by atoms with van der Waals surface area (Å²) in [6.07, 6.45) is 4.06. The van der Waals surface area contributed by atoms with Crippen molar-refractivity contribution in [1.29, 1.82) is 0 Å². The van der Waals surface area contributed by atoms with Gasteiger partial charge in [-0.05, 0) is 18.3 Å². The molecule has 0 aromatic carbocycles. The van der Waals surface area contributed by atoms with Crippen LogP contribution in [0.1, 0.15) is 40.0 Å². The number of rotatable bonds is 5. The molecule has 0 saturated carbocycles. The smallest absolute Gasteiger partial charge is 0.306 e. The van der Waals surface area contributed by atoms with Crippen molar-refractivity contribution in [3.05, 3.63) is 12.7 Å². The first-order valence-corrected chi connectivity index (χ1v) is 4.72. The Balaban J connectivity index is 3.42. The molecule has 0 aliphatic carbocycles. The molecule has 76 valence electrons. The lowest BCUT2D eigenvalue weighted by molar-refractivity contribution is -0.142. The molecule has 0 aromatic rings. The summed E-state index contributed by atoms with van der Waals surface area (Å²) in [5.74, 6) is -0.121. The number of carbonyl (C=O) groups excluding carboxylic acids is 1. The summed E-state index contributed by atoms with van der Waals surface area (Å²) in [5, 5.41) is 0. The fraction of sp³-hybridized carbons (Fsp3) is 0.727. The van der Waals surface area contributed by atoms with E-state index in [-0.39, 0.29) is 5.97 Å². The Labute approximate surface area is 81.0 Å².